The highest BCUT2D eigenvalue weighted by atomic mass is 16.5. The molecule has 11 heavy (non-hydrogen) atoms. The molecule has 1 nitrogen and oxygen atoms in total. The molecule has 0 heterocycles. The Morgan fingerprint density at radius 2 is 2.27 bits per heavy atom. The van der Waals surface area contributed by atoms with Crippen molar-refractivity contribution < 1.29 is 4.74 Å². The zero-order chi connectivity index (χ0) is 8.53. The minimum Gasteiger partial charge on any atom is -0.494 e. The van der Waals surface area contributed by atoms with E-state index in [1.165, 1.54) is 0 Å². The van der Waals surface area contributed by atoms with E-state index in [0.29, 0.717) is 0 Å². The lowest BCUT2D eigenvalue weighted by Gasteiger charge is -2.00. The van der Waals surface area contributed by atoms with Gasteiger partial charge in [-0.15, -0.1) is 6.58 Å². The van der Waals surface area contributed by atoms with Crippen LogP contribution < -0.4 is 0 Å². The van der Waals surface area contributed by atoms with Gasteiger partial charge in [-0.1, -0.05) is 12.2 Å². The Kier molecular flexibility index (Phi) is 6.50. The van der Waals surface area contributed by atoms with Gasteiger partial charge in [0.25, 0.3) is 0 Å². The molecular weight excluding hydrogens is 136 g/mol. The number of allylic oxidation sites excluding steroid dienone is 4. The van der Waals surface area contributed by atoms with Crippen molar-refractivity contribution in [1.29, 1.82) is 0 Å². The van der Waals surface area contributed by atoms with Gasteiger partial charge in [-0.3, -0.25) is 0 Å². The second-order valence-corrected chi connectivity index (χ2v) is 2.05. The highest BCUT2D eigenvalue weighted by Gasteiger charge is 1.85. The van der Waals surface area contributed by atoms with Crippen LogP contribution in [-0.4, -0.2) is 6.61 Å². The van der Waals surface area contributed by atoms with Gasteiger partial charge in [-0.25, -0.2) is 0 Å². The Hall–Kier alpha value is -0.980. The summed E-state index contributed by atoms with van der Waals surface area (Å²) in [7, 11) is 0. The predicted octanol–water partition coefficient (Wildman–Crippen LogP) is 3.06. The average Bonchev–Trinajstić information content (AvgIpc) is 2.03. The van der Waals surface area contributed by atoms with Crippen molar-refractivity contribution in [3.63, 3.8) is 0 Å². The Balaban J connectivity index is 3.77. The fourth-order valence-corrected chi connectivity index (χ4v) is 0.675. The lowest BCUT2D eigenvalue weighted by atomic mass is 10.3. The van der Waals surface area contributed by atoms with E-state index in [4.69, 9.17) is 4.74 Å². The van der Waals surface area contributed by atoms with Gasteiger partial charge in [-0.05, 0) is 32.4 Å². The largest absolute Gasteiger partial charge is 0.494 e. The molecule has 0 fully saturated rings. The molecule has 0 aliphatic rings. The number of ether oxygens (including phenoxy) is 1. The summed E-state index contributed by atoms with van der Waals surface area (Å²) < 4.78 is 5.28. The van der Waals surface area contributed by atoms with Crippen molar-refractivity contribution in [3.8, 4) is 0 Å². The lowest BCUT2D eigenvalue weighted by Crippen LogP contribution is -1.86. The van der Waals surface area contributed by atoms with E-state index in [0.717, 1.165) is 18.8 Å². The lowest BCUT2D eigenvalue weighted by molar-refractivity contribution is 0.242. The molecule has 0 aliphatic heterocycles. The van der Waals surface area contributed by atoms with Gasteiger partial charge >= 0.3 is 0 Å². The van der Waals surface area contributed by atoms with Crippen LogP contribution in [0.1, 0.15) is 20.3 Å². The predicted molar refractivity (Wildman–Crippen MR) is 49.3 cm³/mol. The first-order chi connectivity index (χ1) is 5.35. The molecule has 0 N–H and O–H groups in total. The molecule has 0 rings (SSSR count). The topological polar surface area (TPSA) is 9.23 Å². The van der Waals surface area contributed by atoms with Gasteiger partial charge in [0.15, 0.2) is 0 Å². The van der Waals surface area contributed by atoms with Crippen LogP contribution in [0.5, 0.6) is 0 Å². The molecule has 0 atom stereocenters. The van der Waals surface area contributed by atoms with Crippen LogP contribution in [0, 0.1) is 0 Å². The van der Waals surface area contributed by atoms with Gasteiger partial charge in [-0.2, -0.15) is 0 Å². The molecule has 0 saturated carbocycles. The van der Waals surface area contributed by atoms with Crippen LogP contribution in [0.4, 0.5) is 0 Å². The molecule has 0 bridgehead atoms. The molecule has 62 valence electrons. The van der Waals surface area contributed by atoms with Crippen LogP contribution in [0.2, 0.25) is 0 Å². The van der Waals surface area contributed by atoms with Gasteiger partial charge in [0.2, 0.25) is 0 Å². The quantitative estimate of drug-likeness (QED) is 0.334. The molecule has 0 aliphatic carbocycles. The van der Waals surface area contributed by atoms with Crippen LogP contribution in [0.15, 0.2) is 36.6 Å². The summed E-state index contributed by atoms with van der Waals surface area (Å²) in [5.74, 6) is 0.925. The maximum Gasteiger partial charge on any atom is 0.114 e. The maximum atomic E-state index is 5.28. The highest BCUT2D eigenvalue weighted by molar-refractivity contribution is 5.11. The van der Waals surface area contributed by atoms with Gasteiger partial charge in [0.05, 0.1) is 6.61 Å². The standard InChI is InChI=1S/C10H16O/c1-4-7-8-9-10(5-2)11-6-3/h4-5,8-9H,1,6-7H2,2-3H3/b9-8?,10-5+. The maximum absolute atomic E-state index is 5.28. The second-order valence-electron chi connectivity index (χ2n) is 2.05. The van der Waals surface area contributed by atoms with Gasteiger partial charge in [0.1, 0.15) is 5.76 Å². The smallest absolute Gasteiger partial charge is 0.114 e. The minimum atomic E-state index is 0.720. The summed E-state index contributed by atoms with van der Waals surface area (Å²) in [5, 5.41) is 0. The van der Waals surface area contributed by atoms with Crippen molar-refractivity contribution in [2.24, 2.45) is 0 Å². The molecule has 0 amide bonds. The van der Waals surface area contributed by atoms with Gasteiger partial charge < -0.3 is 4.74 Å². The monoisotopic (exact) mass is 152 g/mol. The van der Waals surface area contributed by atoms with Crippen molar-refractivity contribution in [2.75, 3.05) is 6.61 Å². The fourth-order valence-electron chi connectivity index (χ4n) is 0.675. The van der Waals surface area contributed by atoms with E-state index in [1.807, 2.05) is 38.2 Å². The van der Waals surface area contributed by atoms with E-state index in [9.17, 15) is 0 Å². The highest BCUT2D eigenvalue weighted by Crippen LogP contribution is 1.99. The molecule has 0 aromatic rings. The van der Waals surface area contributed by atoms with E-state index in [2.05, 4.69) is 6.58 Å². The van der Waals surface area contributed by atoms with Crippen molar-refractivity contribution >= 4 is 0 Å². The number of rotatable bonds is 5. The fraction of sp³-hybridized carbons (Fsp3) is 0.400. The first-order valence-electron chi connectivity index (χ1n) is 3.91. The molecule has 1 heteroatoms. The first-order valence-corrected chi connectivity index (χ1v) is 3.91. The summed E-state index contributed by atoms with van der Waals surface area (Å²) in [5.41, 5.74) is 0. The zero-order valence-electron chi connectivity index (χ0n) is 7.34. The molecule has 0 radical (unpaired) electrons. The first kappa shape index (κ1) is 10.0. The van der Waals surface area contributed by atoms with Crippen LogP contribution in [0.25, 0.3) is 0 Å². The second kappa shape index (κ2) is 7.13. The van der Waals surface area contributed by atoms with Crippen molar-refractivity contribution in [3.05, 3.63) is 36.6 Å². The molecule has 0 spiro atoms. The third kappa shape index (κ3) is 5.46. The van der Waals surface area contributed by atoms with E-state index >= 15 is 0 Å². The average molecular weight is 152 g/mol. The molecule has 0 unspecified atom stereocenters. The Morgan fingerprint density at radius 1 is 1.55 bits per heavy atom. The Morgan fingerprint density at radius 3 is 2.73 bits per heavy atom. The van der Waals surface area contributed by atoms with Crippen LogP contribution >= 0.6 is 0 Å². The zero-order valence-corrected chi connectivity index (χ0v) is 7.34. The molecule has 0 saturated heterocycles. The summed E-state index contributed by atoms with van der Waals surface area (Å²) in [6.45, 7) is 8.28. The normalized spacial score (nSPS) is 12.0. The molecular formula is C10H16O. The number of hydrogen-bond donors (Lipinski definition) is 0. The van der Waals surface area contributed by atoms with Crippen molar-refractivity contribution in [2.45, 2.75) is 20.3 Å². The van der Waals surface area contributed by atoms with Crippen LogP contribution in [-0.2, 0) is 4.74 Å². The Bertz CT molecular complexity index is 154. The van der Waals surface area contributed by atoms with Crippen molar-refractivity contribution in [1.82, 2.24) is 0 Å². The summed E-state index contributed by atoms with van der Waals surface area (Å²) in [6, 6.07) is 0. The van der Waals surface area contributed by atoms with Crippen LogP contribution in [0.3, 0.4) is 0 Å². The van der Waals surface area contributed by atoms with E-state index in [-0.39, 0.29) is 0 Å². The summed E-state index contributed by atoms with van der Waals surface area (Å²) >= 11 is 0. The Labute approximate surface area is 69.1 Å². The summed E-state index contributed by atoms with van der Waals surface area (Å²) in [4.78, 5) is 0. The van der Waals surface area contributed by atoms with E-state index in [1.54, 1.807) is 0 Å². The minimum absolute atomic E-state index is 0.720. The van der Waals surface area contributed by atoms with E-state index < -0.39 is 0 Å². The third-order valence-electron chi connectivity index (χ3n) is 1.18. The van der Waals surface area contributed by atoms with Gasteiger partial charge in [0, 0.05) is 0 Å². The third-order valence-corrected chi connectivity index (χ3v) is 1.18. The summed E-state index contributed by atoms with van der Waals surface area (Å²) in [6.07, 6.45) is 8.69. The molecule has 0 aromatic heterocycles. The molecule has 0 aromatic carbocycles. The SMILES string of the molecule is C=CCC=C/C(=C\C)OCC. The number of hydrogen-bond acceptors (Lipinski definition) is 1.